The number of carbonyl (C=O) groups is 1. The number of nitrogens with zero attached hydrogens (tertiary/aromatic N) is 3. The number of morpholine rings is 1. The van der Waals surface area contributed by atoms with Gasteiger partial charge in [0.1, 0.15) is 6.10 Å². The summed E-state index contributed by atoms with van der Waals surface area (Å²) in [7, 11) is 0. The predicted octanol–water partition coefficient (Wildman–Crippen LogP) is 2.26. The lowest BCUT2D eigenvalue weighted by molar-refractivity contribution is -0.144. The fraction of sp³-hybridized carbons (Fsp3) is 0.471. The number of aromatic nitrogens is 2. The van der Waals surface area contributed by atoms with Gasteiger partial charge in [-0.1, -0.05) is 35.5 Å². The molecule has 0 spiro atoms. The molecule has 1 atom stereocenters. The van der Waals surface area contributed by atoms with Gasteiger partial charge in [0.05, 0.1) is 18.6 Å². The smallest absolute Gasteiger partial charge is 0.232 e. The Morgan fingerprint density at radius 3 is 2.70 bits per heavy atom. The molecule has 1 saturated heterocycles. The van der Waals surface area contributed by atoms with Gasteiger partial charge in [-0.2, -0.15) is 4.98 Å². The minimum absolute atomic E-state index is 0.0808. The Morgan fingerprint density at radius 2 is 2.04 bits per heavy atom. The zero-order valence-corrected chi connectivity index (χ0v) is 13.7. The molecule has 0 N–H and O–H groups in total. The quantitative estimate of drug-likeness (QED) is 0.869. The number of ether oxygens (including phenoxy) is 1. The van der Waals surface area contributed by atoms with E-state index in [0.717, 1.165) is 5.56 Å². The SMILES string of the molecule is Cc1nc(C2CN(C(=O)C(C)(C)c3ccccc3)CCO2)no1. The van der Waals surface area contributed by atoms with Gasteiger partial charge >= 0.3 is 0 Å². The second kappa shape index (κ2) is 6.12. The molecule has 122 valence electrons. The zero-order chi connectivity index (χ0) is 16.4. The molecule has 23 heavy (non-hydrogen) atoms. The second-order valence-electron chi connectivity index (χ2n) is 6.27. The highest BCUT2D eigenvalue weighted by atomic mass is 16.5. The van der Waals surface area contributed by atoms with E-state index in [1.54, 1.807) is 6.92 Å². The average molecular weight is 315 g/mol. The molecule has 0 radical (unpaired) electrons. The van der Waals surface area contributed by atoms with Crippen LogP contribution in [0.15, 0.2) is 34.9 Å². The van der Waals surface area contributed by atoms with Crippen molar-refractivity contribution in [3.05, 3.63) is 47.6 Å². The average Bonchev–Trinajstić information content (AvgIpc) is 3.01. The molecular weight excluding hydrogens is 294 g/mol. The van der Waals surface area contributed by atoms with Gasteiger partial charge in [0.2, 0.25) is 17.6 Å². The maximum atomic E-state index is 13.0. The van der Waals surface area contributed by atoms with Crippen molar-refractivity contribution < 1.29 is 14.1 Å². The number of hydrogen-bond donors (Lipinski definition) is 0. The second-order valence-corrected chi connectivity index (χ2v) is 6.27. The number of rotatable bonds is 3. The topological polar surface area (TPSA) is 68.5 Å². The summed E-state index contributed by atoms with van der Waals surface area (Å²) in [5, 5.41) is 3.90. The molecule has 1 aromatic heterocycles. The predicted molar refractivity (Wildman–Crippen MR) is 83.8 cm³/mol. The van der Waals surface area contributed by atoms with Crippen molar-refractivity contribution in [3.8, 4) is 0 Å². The molecule has 2 aromatic rings. The summed E-state index contributed by atoms with van der Waals surface area (Å²) in [4.78, 5) is 19.0. The van der Waals surface area contributed by atoms with Crippen LogP contribution in [0.25, 0.3) is 0 Å². The van der Waals surface area contributed by atoms with Crippen molar-refractivity contribution in [1.82, 2.24) is 15.0 Å². The van der Waals surface area contributed by atoms with Crippen molar-refractivity contribution in [3.63, 3.8) is 0 Å². The third kappa shape index (κ3) is 3.12. The maximum Gasteiger partial charge on any atom is 0.232 e. The van der Waals surface area contributed by atoms with Gasteiger partial charge < -0.3 is 14.2 Å². The summed E-state index contributed by atoms with van der Waals surface area (Å²) in [5.41, 5.74) is 0.416. The molecule has 0 saturated carbocycles. The molecule has 1 aliphatic rings. The van der Waals surface area contributed by atoms with E-state index in [0.29, 0.717) is 31.4 Å². The first-order valence-corrected chi connectivity index (χ1v) is 7.75. The van der Waals surface area contributed by atoms with Crippen LogP contribution in [0.4, 0.5) is 0 Å². The van der Waals surface area contributed by atoms with Crippen LogP contribution in [0.3, 0.4) is 0 Å². The molecule has 0 bridgehead atoms. The molecule has 1 aliphatic heterocycles. The monoisotopic (exact) mass is 315 g/mol. The summed E-state index contributed by atoms with van der Waals surface area (Å²) in [6.07, 6.45) is -0.336. The van der Waals surface area contributed by atoms with E-state index < -0.39 is 5.41 Å². The van der Waals surface area contributed by atoms with E-state index in [4.69, 9.17) is 9.26 Å². The van der Waals surface area contributed by atoms with Crippen LogP contribution in [0.2, 0.25) is 0 Å². The van der Waals surface area contributed by atoms with Gasteiger partial charge in [0.25, 0.3) is 0 Å². The number of benzene rings is 1. The van der Waals surface area contributed by atoms with Crippen LogP contribution in [0.1, 0.15) is 37.2 Å². The van der Waals surface area contributed by atoms with Gasteiger partial charge in [-0.25, -0.2) is 0 Å². The van der Waals surface area contributed by atoms with Crippen LogP contribution in [-0.2, 0) is 14.9 Å². The highest BCUT2D eigenvalue weighted by Gasteiger charge is 2.37. The minimum Gasteiger partial charge on any atom is -0.366 e. The largest absolute Gasteiger partial charge is 0.366 e. The van der Waals surface area contributed by atoms with Crippen molar-refractivity contribution in [1.29, 1.82) is 0 Å². The number of carbonyl (C=O) groups excluding carboxylic acids is 1. The Labute approximate surface area is 135 Å². The highest BCUT2D eigenvalue weighted by Crippen LogP contribution is 2.28. The van der Waals surface area contributed by atoms with Gasteiger partial charge in [-0.05, 0) is 19.4 Å². The van der Waals surface area contributed by atoms with Crippen LogP contribution >= 0.6 is 0 Å². The molecule has 6 nitrogen and oxygen atoms in total. The standard InChI is InChI=1S/C17H21N3O3/c1-12-18-15(19-23-12)14-11-20(9-10-22-14)16(21)17(2,3)13-7-5-4-6-8-13/h4-8,14H,9-11H2,1-3H3. The molecular formula is C17H21N3O3. The minimum atomic E-state index is -0.587. The van der Waals surface area contributed by atoms with Crippen LogP contribution in [0.5, 0.6) is 0 Å². The first kappa shape index (κ1) is 15.7. The van der Waals surface area contributed by atoms with E-state index in [-0.39, 0.29) is 12.0 Å². The highest BCUT2D eigenvalue weighted by molar-refractivity contribution is 5.87. The summed E-state index contributed by atoms with van der Waals surface area (Å²) < 4.78 is 10.7. The maximum absolute atomic E-state index is 13.0. The van der Waals surface area contributed by atoms with Gasteiger partial charge in [0.15, 0.2) is 0 Å². The lowest BCUT2D eigenvalue weighted by Crippen LogP contribution is -2.49. The van der Waals surface area contributed by atoms with E-state index in [9.17, 15) is 4.79 Å². The number of aryl methyl sites for hydroxylation is 1. The normalized spacial score (nSPS) is 18.9. The third-order valence-electron chi connectivity index (χ3n) is 4.22. The zero-order valence-electron chi connectivity index (χ0n) is 13.7. The molecule has 1 aromatic carbocycles. The van der Waals surface area contributed by atoms with Crippen molar-refractivity contribution in [2.75, 3.05) is 19.7 Å². The van der Waals surface area contributed by atoms with Crippen LogP contribution in [0, 0.1) is 6.92 Å². The Kier molecular flexibility index (Phi) is 4.17. The summed E-state index contributed by atoms with van der Waals surface area (Å²) in [5.74, 6) is 1.08. The lowest BCUT2D eigenvalue weighted by atomic mass is 9.83. The molecule has 6 heteroatoms. The Bertz CT molecular complexity index is 681. The Balaban J connectivity index is 1.77. The number of amides is 1. The van der Waals surface area contributed by atoms with Crippen LogP contribution < -0.4 is 0 Å². The fourth-order valence-electron chi connectivity index (χ4n) is 2.81. The van der Waals surface area contributed by atoms with Crippen molar-refractivity contribution >= 4 is 5.91 Å². The van der Waals surface area contributed by atoms with E-state index in [2.05, 4.69) is 10.1 Å². The first-order valence-electron chi connectivity index (χ1n) is 7.75. The third-order valence-corrected chi connectivity index (χ3v) is 4.22. The van der Waals surface area contributed by atoms with Gasteiger partial charge in [-0.3, -0.25) is 4.79 Å². The van der Waals surface area contributed by atoms with Gasteiger partial charge in [0, 0.05) is 13.5 Å². The molecule has 0 aliphatic carbocycles. The van der Waals surface area contributed by atoms with Crippen molar-refractivity contribution in [2.24, 2.45) is 0 Å². The molecule has 3 rings (SSSR count). The van der Waals surface area contributed by atoms with Crippen LogP contribution in [-0.4, -0.2) is 40.6 Å². The van der Waals surface area contributed by atoms with Crippen molar-refractivity contribution in [2.45, 2.75) is 32.3 Å². The Morgan fingerprint density at radius 1 is 1.30 bits per heavy atom. The molecule has 1 unspecified atom stereocenters. The Hall–Kier alpha value is -2.21. The summed E-state index contributed by atoms with van der Waals surface area (Å²) in [6.45, 7) is 7.12. The summed E-state index contributed by atoms with van der Waals surface area (Å²) in [6, 6.07) is 9.83. The lowest BCUT2D eigenvalue weighted by Gasteiger charge is -2.37. The van der Waals surface area contributed by atoms with E-state index in [1.165, 1.54) is 0 Å². The van der Waals surface area contributed by atoms with E-state index >= 15 is 0 Å². The molecule has 1 amide bonds. The number of hydrogen-bond acceptors (Lipinski definition) is 5. The molecule has 1 fully saturated rings. The van der Waals surface area contributed by atoms with E-state index in [1.807, 2.05) is 49.1 Å². The summed E-state index contributed by atoms with van der Waals surface area (Å²) >= 11 is 0. The first-order chi connectivity index (χ1) is 11.0. The fourth-order valence-corrected chi connectivity index (χ4v) is 2.81. The molecule has 2 heterocycles. The van der Waals surface area contributed by atoms with Gasteiger partial charge in [-0.15, -0.1) is 0 Å².